The maximum absolute atomic E-state index is 12.6. The molecule has 3 N–H and O–H groups in total. The van der Waals surface area contributed by atoms with Gasteiger partial charge in [0.15, 0.2) is 0 Å². The number of nitrogens with one attached hydrogen (secondary N) is 2. The summed E-state index contributed by atoms with van der Waals surface area (Å²) in [6, 6.07) is -0.0616. The summed E-state index contributed by atoms with van der Waals surface area (Å²) in [7, 11) is -4.11. The van der Waals surface area contributed by atoms with E-state index < -0.39 is 33.3 Å². The first kappa shape index (κ1) is 15.4. The predicted molar refractivity (Wildman–Crippen MR) is 77.5 cm³/mol. The van der Waals surface area contributed by atoms with Gasteiger partial charge in [0.05, 0.1) is 5.39 Å². The molecule has 0 aromatic carbocycles. The highest BCUT2D eigenvalue weighted by atomic mass is 32.2. The van der Waals surface area contributed by atoms with Crippen molar-refractivity contribution in [2.45, 2.75) is 23.8 Å². The average Bonchev–Trinajstić information content (AvgIpc) is 2.97. The molecule has 0 radical (unpaired) electrons. The zero-order valence-electron chi connectivity index (χ0n) is 11.6. The van der Waals surface area contributed by atoms with E-state index in [0.717, 1.165) is 16.6 Å². The van der Waals surface area contributed by atoms with E-state index in [1.807, 2.05) is 4.98 Å². The molecule has 0 aliphatic carbocycles. The Kier molecular flexibility index (Phi) is 3.53. The number of hydrogen-bond acceptors (Lipinski definition) is 6. The number of pyridine rings is 1. The van der Waals surface area contributed by atoms with Crippen LogP contribution in [0.4, 0.5) is 0 Å². The lowest BCUT2D eigenvalue weighted by atomic mass is 10.2. The Balaban J connectivity index is 2.14. The van der Waals surface area contributed by atoms with Crippen molar-refractivity contribution in [3.63, 3.8) is 0 Å². The first-order valence-corrected chi connectivity index (χ1v) is 8.12. The summed E-state index contributed by atoms with van der Waals surface area (Å²) in [5.41, 5.74) is -1.57. The van der Waals surface area contributed by atoms with Crippen LogP contribution in [-0.2, 0) is 14.8 Å². The second-order valence-electron chi connectivity index (χ2n) is 5.09. The molecule has 3 rings (SSSR count). The summed E-state index contributed by atoms with van der Waals surface area (Å²) in [5.74, 6) is -1.22. The lowest BCUT2D eigenvalue weighted by Gasteiger charge is -2.20. The number of sulfonamides is 1. The van der Waals surface area contributed by atoms with Crippen molar-refractivity contribution in [2.24, 2.45) is 0 Å². The summed E-state index contributed by atoms with van der Waals surface area (Å²) < 4.78 is 26.1. The standard InChI is InChI=1S/C12H12N4O6S/c17-10-7-4-6(5-13-9(7)14-12(20)15-10)23(21,22)16-3-1-2-8(16)11(18)19/h4-5,8H,1-3H2,(H,18,19)(H2,13,14,15,17,20). The van der Waals surface area contributed by atoms with Gasteiger partial charge in [-0.15, -0.1) is 0 Å². The van der Waals surface area contributed by atoms with Gasteiger partial charge in [-0.3, -0.25) is 19.6 Å². The van der Waals surface area contributed by atoms with Crippen molar-refractivity contribution < 1.29 is 18.3 Å². The molecule has 0 bridgehead atoms. The Hall–Kier alpha value is -2.53. The number of fused-ring (bicyclic) bond motifs is 1. The van der Waals surface area contributed by atoms with Crippen LogP contribution in [0.1, 0.15) is 12.8 Å². The van der Waals surface area contributed by atoms with Gasteiger partial charge < -0.3 is 5.11 Å². The van der Waals surface area contributed by atoms with Crippen molar-refractivity contribution in [2.75, 3.05) is 6.54 Å². The number of carboxylic acids is 1. The zero-order chi connectivity index (χ0) is 16.8. The third-order valence-corrected chi connectivity index (χ3v) is 5.54. The van der Waals surface area contributed by atoms with Gasteiger partial charge in [0.1, 0.15) is 16.6 Å². The van der Waals surface area contributed by atoms with Gasteiger partial charge in [-0.1, -0.05) is 0 Å². The molecule has 1 unspecified atom stereocenters. The minimum absolute atomic E-state index is 0.0473. The van der Waals surface area contributed by atoms with Crippen molar-refractivity contribution in [3.8, 4) is 0 Å². The summed E-state index contributed by atoms with van der Waals surface area (Å²) in [6.07, 6.45) is 1.65. The summed E-state index contributed by atoms with van der Waals surface area (Å²) in [6.45, 7) is 0.0827. The number of aromatic amines is 2. The minimum Gasteiger partial charge on any atom is -0.480 e. The van der Waals surface area contributed by atoms with Crippen molar-refractivity contribution >= 4 is 27.0 Å². The van der Waals surface area contributed by atoms with Gasteiger partial charge in [0.25, 0.3) is 5.56 Å². The fraction of sp³-hybridized carbons (Fsp3) is 0.333. The zero-order valence-corrected chi connectivity index (χ0v) is 12.5. The minimum atomic E-state index is -4.11. The number of carboxylic acid groups (broad SMARTS) is 1. The molecule has 3 heterocycles. The van der Waals surface area contributed by atoms with E-state index in [1.54, 1.807) is 0 Å². The van der Waals surface area contributed by atoms with Crippen LogP contribution in [0.5, 0.6) is 0 Å². The molecule has 0 amide bonds. The third kappa shape index (κ3) is 2.53. The molecule has 1 aliphatic rings. The molecule has 1 atom stereocenters. The van der Waals surface area contributed by atoms with E-state index in [-0.39, 0.29) is 28.9 Å². The van der Waals surface area contributed by atoms with E-state index >= 15 is 0 Å². The second kappa shape index (κ2) is 5.28. The lowest BCUT2D eigenvalue weighted by Crippen LogP contribution is -2.40. The van der Waals surface area contributed by atoms with Gasteiger partial charge in [-0.05, 0) is 18.9 Å². The molecule has 2 aromatic heterocycles. The molecule has 1 aliphatic heterocycles. The largest absolute Gasteiger partial charge is 0.480 e. The van der Waals surface area contributed by atoms with Crippen LogP contribution in [-0.4, -0.2) is 51.3 Å². The molecule has 0 spiro atoms. The number of aromatic nitrogens is 3. The SMILES string of the molecule is O=C(O)C1CCCN1S(=O)(=O)c1cnc2[nH]c(=O)[nH]c(=O)c2c1. The average molecular weight is 340 g/mol. The van der Waals surface area contributed by atoms with Gasteiger partial charge >= 0.3 is 11.7 Å². The van der Waals surface area contributed by atoms with Crippen molar-refractivity contribution in [3.05, 3.63) is 33.1 Å². The number of rotatable bonds is 3. The fourth-order valence-corrected chi connectivity index (χ4v) is 4.20. The number of carbonyl (C=O) groups is 1. The number of H-pyrrole nitrogens is 2. The summed E-state index contributed by atoms with van der Waals surface area (Å²) >= 11 is 0. The Bertz CT molecular complexity index is 1010. The molecule has 0 saturated carbocycles. The van der Waals surface area contributed by atoms with Gasteiger partial charge in [0, 0.05) is 12.7 Å². The molecule has 1 saturated heterocycles. The normalized spacial score (nSPS) is 19.2. The monoisotopic (exact) mass is 340 g/mol. The topological polar surface area (TPSA) is 153 Å². The lowest BCUT2D eigenvalue weighted by molar-refractivity contribution is -0.140. The molecule has 10 nitrogen and oxygen atoms in total. The molecule has 23 heavy (non-hydrogen) atoms. The van der Waals surface area contributed by atoms with Gasteiger partial charge in [-0.2, -0.15) is 4.31 Å². The Morgan fingerprint density at radius 2 is 2.09 bits per heavy atom. The van der Waals surface area contributed by atoms with Crippen LogP contribution in [0.3, 0.4) is 0 Å². The molecule has 122 valence electrons. The predicted octanol–water partition coefficient (Wildman–Crippen LogP) is -1.15. The quantitative estimate of drug-likeness (QED) is 0.637. The molecule has 11 heteroatoms. The Labute approximate surface area is 128 Å². The van der Waals surface area contributed by atoms with Crippen molar-refractivity contribution in [1.82, 2.24) is 19.3 Å². The molecule has 1 fully saturated rings. The second-order valence-corrected chi connectivity index (χ2v) is 6.98. The highest BCUT2D eigenvalue weighted by molar-refractivity contribution is 7.89. The Morgan fingerprint density at radius 3 is 2.78 bits per heavy atom. The van der Waals surface area contributed by atoms with Crippen LogP contribution in [0, 0.1) is 0 Å². The number of aliphatic carboxylic acids is 1. The van der Waals surface area contributed by atoms with E-state index in [4.69, 9.17) is 5.11 Å². The summed E-state index contributed by atoms with van der Waals surface area (Å²) in [5, 5.41) is 9.02. The van der Waals surface area contributed by atoms with E-state index in [2.05, 4.69) is 9.97 Å². The van der Waals surface area contributed by atoms with Crippen LogP contribution in [0.15, 0.2) is 26.7 Å². The smallest absolute Gasteiger partial charge is 0.327 e. The van der Waals surface area contributed by atoms with Gasteiger partial charge in [-0.25, -0.2) is 18.2 Å². The van der Waals surface area contributed by atoms with Crippen LogP contribution < -0.4 is 11.2 Å². The van der Waals surface area contributed by atoms with E-state index in [0.29, 0.717) is 6.42 Å². The molecular weight excluding hydrogens is 328 g/mol. The number of hydrogen-bond donors (Lipinski definition) is 3. The Morgan fingerprint density at radius 1 is 1.35 bits per heavy atom. The highest BCUT2D eigenvalue weighted by Crippen LogP contribution is 2.26. The van der Waals surface area contributed by atoms with E-state index in [9.17, 15) is 22.8 Å². The fourth-order valence-electron chi connectivity index (χ4n) is 2.58. The maximum Gasteiger partial charge on any atom is 0.327 e. The van der Waals surface area contributed by atoms with E-state index in [1.165, 1.54) is 0 Å². The molecule has 2 aromatic rings. The van der Waals surface area contributed by atoms with Crippen LogP contribution in [0.25, 0.3) is 11.0 Å². The van der Waals surface area contributed by atoms with Crippen molar-refractivity contribution in [1.29, 1.82) is 0 Å². The third-order valence-electron chi connectivity index (χ3n) is 3.66. The first-order valence-electron chi connectivity index (χ1n) is 6.68. The first-order chi connectivity index (χ1) is 10.8. The molecular formula is C12H12N4O6S. The van der Waals surface area contributed by atoms with Gasteiger partial charge in [0.2, 0.25) is 10.0 Å². The van der Waals surface area contributed by atoms with Crippen LogP contribution >= 0.6 is 0 Å². The highest BCUT2D eigenvalue weighted by Gasteiger charge is 2.39. The summed E-state index contributed by atoms with van der Waals surface area (Å²) in [4.78, 5) is 41.8. The maximum atomic E-state index is 12.6. The number of nitrogens with zero attached hydrogens (tertiary/aromatic N) is 2. The van der Waals surface area contributed by atoms with Crippen LogP contribution in [0.2, 0.25) is 0 Å².